The first-order valence-corrected chi connectivity index (χ1v) is 6.41. The maximum Gasteiger partial charge on any atom is 0.227 e. The van der Waals surface area contributed by atoms with Crippen LogP contribution in [0.4, 0.5) is 0 Å². The van der Waals surface area contributed by atoms with Crippen molar-refractivity contribution in [2.24, 2.45) is 5.73 Å². The molecule has 0 fully saturated rings. The lowest BCUT2D eigenvalue weighted by molar-refractivity contribution is -0.115. The van der Waals surface area contributed by atoms with Crippen molar-refractivity contribution in [3.8, 4) is 0 Å². The van der Waals surface area contributed by atoms with Crippen LogP contribution in [0.15, 0.2) is 60.5 Å². The number of carbonyl (C=O) groups excluding carboxylic acids is 1. The fourth-order valence-electron chi connectivity index (χ4n) is 1.53. The van der Waals surface area contributed by atoms with E-state index in [4.69, 9.17) is 12.6 Å². The summed E-state index contributed by atoms with van der Waals surface area (Å²) in [4.78, 5) is 11.1. The quantitative estimate of drug-likeness (QED) is 0.900. The van der Waals surface area contributed by atoms with Crippen molar-refractivity contribution in [3.05, 3.63) is 71.7 Å². The highest BCUT2D eigenvalue weighted by atomic mass is 32.2. The van der Waals surface area contributed by atoms with Gasteiger partial charge < -0.3 is 5.73 Å². The average Bonchev–Trinajstić information content (AvgIpc) is 2.54. The number of primary amides is 1. The van der Waals surface area contributed by atoms with E-state index in [1.807, 2.05) is 6.07 Å². The van der Waals surface area contributed by atoms with Crippen molar-refractivity contribution in [2.75, 3.05) is 5.75 Å². The molecule has 0 heterocycles. The first kappa shape index (κ1) is 7.64. The number of hydrogen-bond donors (Lipinski definition) is 1. The third-order valence-electron chi connectivity index (χ3n) is 2.28. The predicted molar refractivity (Wildman–Crippen MR) is 76.4 cm³/mol. The highest BCUT2D eigenvalue weighted by Crippen LogP contribution is 2.34. The highest BCUT2D eigenvalue weighted by Gasteiger charge is 2.14. The lowest BCUT2D eigenvalue weighted by Gasteiger charge is -2.16. The van der Waals surface area contributed by atoms with Crippen molar-refractivity contribution in [1.29, 1.82) is 0 Å². The van der Waals surface area contributed by atoms with Gasteiger partial charge in [-0.2, -0.15) is 0 Å². The number of amides is 1. The van der Waals surface area contributed by atoms with Gasteiger partial charge in [0.25, 0.3) is 0 Å². The van der Waals surface area contributed by atoms with Crippen LogP contribution in [-0.2, 0) is 4.79 Å². The summed E-state index contributed by atoms with van der Waals surface area (Å²) in [6.07, 6.45) is 0. The van der Waals surface area contributed by atoms with Gasteiger partial charge in [-0.05, 0) is 11.1 Å². The minimum atomic E-state index is -0.572. The lowest BCUT2D eigenvalue weighted by Crippen LogP contribution is -2.14. The fourth-order valence-corrected chi connectivity index (χ4v) is 2.50. The van der Waals surface area contributed by atoms with Gasteiger partial charge in [0.2, 0.25) is 5.91 Å². The molecule has 1 unspecified atom stereocenters. The lowest BCUT2D eigenvalue weighted by atomic mass is 10.0. The summed E-state index contributed by atoms with van der Waals surface area (Å²) in [5, 5.41) is -0.572. The number of thioether (sulfide) groups is 1. The molecule has 2 aromatic carbocycles. The molecule has 0 bridgehead atoms. The molecule has 0 aliphatic carbocycles. The van der Waals surface area contributed by atoms with Gasteiger partial charge in [-0.3, -0.25) is 4.79 Å². The van der Waals surface area contributed by atoms with E-state index >= 15 is 0 Å². The number of nitrogens with two attached hydrogens (primary N) is 1. The Morgan fingerprint density at radius 1 is 1.17 bits per heavy atom. The summed E-state index contributed by atoms with van der Waals surface area (Å²) in [6.45, 7) is 0. The van der Waals surface area contributed by atoms with Gasteiger partial charge >= 0.3 is 0 Å². The molecule has 2 rings (SSSR count). The van der Waals surface area contributed by atoms with Crippen LogP contribution in [0.3, 0.4) is 0 Å². The molecule has 0 spiro atoms. The summed E-state index contributed by atoms with van der Waals surface area (Å²) in [5.41, 5.74) is 6.11. The Morgan fingerprint density at radius 2 is 1.83 bits per heavy atom. The Kier molecular flexibility index (Phi) is 2.66. The molecular weight excluding hydrogens is 242 g/mol. The minimum Gasteiger partial charge on any atom is -0.369 e. The SMILES string of the molecule is [2H]c1c([2H])c([2H])c(C(SCC(N)=O)c2ccccc2)c([2H])c1[2H]. The van der Waals surface area contributed by atoms with Gasteiger partial charge in [-0.15, -0.1) is 11.8 Å². The third-order valence-corrected chi connectivity index (χ3v) is 3.57. The van der Waals surface area contributed by atoms with Gasteiger partial charge in [0.05, 0.1) is 17.9 Å². The normalized spacial score (nSPS) is 15.9. The summed E-state index contributed by atoms with van der Waals surface area (Å²) in [6, 6.07) is 7.26. The number of rotatable bonds is 5. The second-order valence-electron chi connectivity index (χ2n) is 3.61. The largest absolute Gasteiger partial charge is 0.369 e. The molecule has 92 valence electrons. The Morgan fingerprint density at radius 3 is 2.44 bits per heavy atom. The maximum atomic E-state index is 11.1. The molecule has 1 amide bonds. The Bertz CT molecular complexity index is 709. The van der Waals surface area contributed by atoms with Gasteiger partial charge in [0.15, 0.2) is 0 Å². The number of benzene rings is 2. The summed E-state index contributed by atoms with van der Waals surface area (Å²) in [7, 11) is 0. The van der Waals surface area contributed by atoms with Gasteiger partial charge in [-0.1, -0.05) is 60.5 Å². The van der Waals surface area contributed by atoms with Crippen molar-refractivity contribution in [1.82, 2.24) is 0 Å². The van der Waals surface area contributed by atoms with Crippen LogP contribution < -0.4 is 5.73 Å². The van der Waals surface area contributed by atoms with Crippen LogP contribution in [0.25, 0.3) is 0 Å². The van der Waals surface area contributed by atoms with E-state index in [-0.39, 0.29) is 35.5 Å². The molecule has 3 heteroatoms. The van der Waals surface area contributed by atoms with E-state index < -0.39 is 17.2 Å². The molecular formula is C15H15NOS. The predicted octanol–water partition coefficient (Wildman–Crippen LogP) is 2.99. The molecule has 2 nitrogen and oxygen atoms in total. The summed E-state index contributed by atoms with van der Waals surface area (Å²) in [5.74, 6) is -0.537. The summed E-state index contributed by atoms with van der Waals surface area (Å²) >= 11 is 1.15. The molecule has 0 radical (unpaired) electrons. The van der Waals surface area contributed by atoms with Crippen molar-refractivity contribution in [2.45, 2.75) is 5.25 Å². The van der Waals surface area contributed by atoms with E-state index in [1.165, 1.54) is 0 Å². The second kappa shape index (κ2) is 6.26. The van der Waals surface area contributed by atoms with Crippen LogP contribution in [0.5, 0.6) is 0 Å². The molecule has 0 saturated carbocycles. The monoisotopic (exact) mass is 262 g/mol. The molecule has 0 saturated heterocycles. The topological polar surface area (TPSA) is 43.1 Å². The van der Waals surface area contributed by atoms with Gasteiger partial charge in [0.1, 0.15) is 0 Å². The zero-order chi connectivity index (χ0) is 17.1. The van der Waals surface area contributed by atoms with Gasteiger partial charge in [-0.25, -0.2) is 0 Å². The molecule has 18 heavy (non-hydrogen) atoms. The number of hydrogen-bond acceptors (Lipinski definition) is 2. The maximum absolute atomic E-state index is 11.1. The fraction of sp³-hybridized carbons (Fsp3) is 0.133. The van der Waals surface area contributed by atoms with Crippen LogP contribution in [0.2, 0.25) is 0 Å². The van der Waals surface area contributed by atoms with E-state index in [9.17, 15) is 4.79 Å². The first-order valence-electron chi connectivity index (χ1n) is 7.86. The minimum absolute atomic E-state index is 0.0122. The Hall–Kier alpha value is -1.74. The van der Waals surface area contributed by atoms with Crippen LogP contribution in [0.1, 0.15) is 23.2 Å². The van der Waals surface area contributed by atoms with Crippen LogP contribution >= 0.6 is 11.8 Å². The van der Waals surface area contributed by atoms with Crippen molar-refractivity contribution in [3.63, 3.8) is 0 Å². The van der Waals surface area contributed by atoms with Crippen molar-refractivity contribution >= 4 is 17.7 Å². The van der Waals surface area contributed by atoms with Crippen LogP contribution in [0, 0.1) is 0 Å². The van der Waals surface area contributed by atoms with Crippen molar-refractivity contribution < 1.29 is 11.6 Å². The molecule has 0 aliphatic rings. The van der Waals surface area contributed by atoms with E-state index in [1.54, 1.807) is 24.3 Å². The highest BCUT2D eigenvalue weighted by molar-refractivity contribution is 8.00. The summed E-state index contributed by atoms with van der Waals surface area (Å²) < 4.78 is 39.5. The zero-order valence-electron chi connectivity index (χ0n) is 14.6. The number of carbonyl (C=O) groups is 1. The van der Waals surface area contributed by atoms with E-state index in [2.05, 4.69) is 0 Å². The van der Waals surface area contributed by atoms with Crippen LogP contribution in [-0.4, -0.2) is 11.7 Å². The molecule has 2 N–H and O–H groups in total. The van der Waals surface area contributed by atoms with E-state index in [0.717, 1.165) is 17.3 Å². The van der Waals surface area contributed by atoms with E-state index in [0.29, 0.717) is 0 Å². The second-order valence-corrected chi connectivity index (χ2v) is 4.70. The Labute approximate surface area is 118 Å². The average molecular weight is 262 g/mol. The molecule has 0 aliphatic heterocycles. The molecule has 2 aromatic rings. The van der Waals surface area contributed by atoms with Gasteiger partial charge in [0, 0.05) is 0 Å². The zero-order valence-corrected chi connectivity index (χ0v) is 10.4. The first-order chi connectivity index (χ1) is 10.8. The third kappa shape index (κ3) is 3.37. The standard InChI is InChI=1S/C15H15NOS/c16-14(17)11-18-15(12-7-3-1-4-8-12)13-9-5-2-6-10-13/h1-10,15H,11H2,(H2,16,17)/i1D,3D,4D,7D,8D. The molecule has 1 atom stereocenters. The Balaban J connectivity index is 2.62. The molecule has 0 aromatic heterocycles. The smallest absolute Gasteiger partial charge is 0.227 e.